The highest BCUT2D eigenvalue weighted by Gasteiger charge is 2.16. The summed E-state index contributed by atoms with van der Waals surface area (Å²) >= 11 is 0. The van der Waals surface area contributed by atoms with E-state index in [-0.39, 0.29) is 12.3 Å². The van der Waals surface area contributed by atoms with Crippen LogP contribution in [-0.2, 0) is 14.4 Å². The van der Waals surface area contributed by atoms with E-state index in [9.17, 15) is 14.4 Å². The van der Waals surface area contributed by atoms with Crippen molar-refractivity contribution in [3.05, 3.63) is 0 Å². The summed E-state index contributed by atoms with van der Waals surface area (Å²) < 4.78 is 0. The number of aliphatic hydroxyl groups is 1. The Bertz CT molecular complexity index is 246. The van der Waals surface area contributed by atoms with Crippen molar-refractivity contribution >= 4 is 17.9 Å². The topological polar surface area (TPSA) is 132 Å². The summed E-state index contributed by atoms with van der Waals surface area (Å²) in [6, 6.07) is 0. The van der Waals surface area contributed by atoms with Gasteiger partial charge < -0.3 is 20.4 Å². The maximum Gasteiger partial charge on any atom is 0.333 e. The number of carbonyl (C=O) groups is 3. The zero-order chi connectivity index (χ0) is 13.3. The normalized spacial score (nSPS) is 11.2. The summed E-state index contributed by atoms with van der Waals surface area (Å²) in [5.41, 5.74) is 0. The second kappa shape index (κ2) is 8.66. The molecule has 0 saturated carbocycles. The SMILES string of the molecule is CC(C)CC(=O)O.O=C(O)CC(O)C(=O)O. The van der Waals surface area contributed by atoms with Gasteiger partial charge in [0.1, 0.15) is 0 Å². The molecule has 0 fully saturated rings. The summed E-state index contributed by atoms with van der Waals surface area (Å²) in [6.45, 7) is 3.77. The van der Waals surface area contributed by atoms with E-state index in [1.54, 1.807) is 0 Å². The van der Waals surface area contributed by atoms with Gasteiger partial charge in [0.05, 0.1) is 6.42 Å². The first kappa shape index (κ1) is 16.8. The Labute approximate surface area is 92.3 Å². The smallest absolute Gasteiger partial charge is 0.333 e. The third-order valence-electron chi connectivity index (χ3n) is 1.24. The second-order valence-corrected chi connectivity index (χ2v) is 3.44. The lowest BCUT2D eigenvalue weighted by Gasteiger charge is -1.97. The minimum Gasteiger partial charge on any atom is -0.481 e. The molecule has 0 aliphatic rings. The van der Waals surface area contributed by atoms with E-state index in [4.69, 9.17) is 20.4 Å². The van der Waals surface area contributed by atoms with Gasteiger partial charge in [0, 0.05) is 6.42 Å². The zero-order valence-corrected chi connectivity index (χ0v) is 9.08. The lowest BCUT2D eigenvalue weighted by atomic mass is 10.1. The first-order chi connectivity index (χ1) is 7.16. The molecular weight excluding hydrogens is 220 g/mol. The van der Waals surface area contributed by atoms with Crippen LogP contribution < -0.4 is 0 Å². The highest BCUT2D eigenvalue weighted by Crippen LogP contribution is 1.96. The van der Waals surface area contributed by atoms with Gasteiger partial charge in [-0.1, -0.05) is 13.8 Å². The van der Waals surface area contributed by atoms with E-state index in [0.29, 0.717) is 0 Å². The van der Waals surface area contributed by atoms with Crippen molar-refractivity contribution in [3.63, 3.8) is 0 Å². The van der Waals surface area contributed by atoms with Gasteiger partial charge in [-0.05, 0) is 5.92 Å². The summed E-state index contributed by atoms with van der Waals surface area (Å²) in [7, 11) is 0. The van der Waals surface area contributed by atoms with Gasteiger partial charge in [-0.3, -0.25) is 9.59 Å². The van der Waals surface area contributed by atoms with Gasteiger partial charge in [-0.2, -0.15) is 0 Å². The molecule has 16 heavy (non-hydrogen) atoms. The highest BCUT2D eigenvalue weighted by molar-refractivity contribution is 5.79. The van der Waals surface area contributed by atoms with Crippen LogP contribution in [0.3, 0.4) is 0 Å². The molecule has 1 atom stereocenters. The fourth-order valence-corrected chi connectivity index (χ4v) is 0.602. The quantitative estimate of drug-likeness (QED) is 0.529. The van der Waals surface area contributed by atoms with Crippen LogP contribution in [0.2, 0.25) is 0 Å². The predicted octanol–water partition coefficient (Wildman–Crippen LogP) is 0.0237. The first-order valence-corrected chi connectivity index (χ1v) is 4.51. The number of hydrogen-bond acceptors (Lipinski definition) is 4. The molecular formula is C9H16O7. The van der Waals surface area contributed by atoms with E-state index in [0.717, 1.165) is 0 Å². The molecule has 0 aliphatic heterocycles. The summed E-state index contributed by atoms with van der Waals surface area (Å²) in [5, 5.41) is 32.2. The predicted molar refractivity (Wildman–Crippen MR) is 53.0 cm³/mol. The molecule has 0 saturated heterocycles. The van der Waals surface area contributed by atoms with Crippen molar-refractivity contribution in [2.45, 2.75) is 32.8 Å². The average molecular weight is 236 g/mol. The van der Waals surface area contributed by atoms with Gasteiger partial charge in [-0.25, -0.2) is 4.79 Å². The fraction of sp³-hybridized carbons (Fsp3) is 0.667. The maximum atomic E-state index is 9.81. The van der Waals surface area contributed by atoms with Gasteiger partial charge >= 0.3 is 17.9 Å². The minimum atomic E-state index is -1.79. The van der Waals surface area contributed by atoms with E-state index in [1.807, 2.05) is 13.8 Å². The standard InChI is InChI=1S/C5H10O2.C4H6O5/c1-4(2)3-5(6)7;5-2(4(8)9)1-3(6)7/h4H,3H2,1-2H3,(H,6,7);2,5H,1H2,(H,6,7)(H,8,9). The summed E-state index contributed by atoms with van der Waals surface area (Å²) in [6.07, 6.45) is -2.27. The minimum absolute atomic E-state index is 0.275. The number of hydrogen-bond donors (Lipinski definition) is 4. The maximum absolute atomic E-state index is 9.81. The Morgan fingerprint density at radius 3 is 1.38 bits per heavy atom. The number of aliphatic carboxylic acids is 3. The number of aliphatic hydroxyl groups excluding tert-OH is 1. The van der Waals surface area contributed by atoms with Crippen LogP contribution in [-0.4, -0.2) is 44.4 Å². The van der Waals surface area contributed by atoms with Gasteiger partial charge in [0.25, 0.3) is 0 Å². The zero-order valence-electron chi connectivity index (χ0n) is 9.08. The second-order valence-electron chi connectivity index (χ2n) is 3.44. The molecule has 4 N–H and O–H groups in total. The molecule has 0 rings (SSSR count). The Hall–Kier alpha value is -1.63. The Kier molecular flexibility index (Phi) is 9.09. The van der Waals surface area contributed by atoms with E-state index in [2.05, 4.69) is 0 Å². The van der Waals surface area contributed by atoms with Crippen molar-refractivity contribution in [2.75, 3.05) is 0 Å². The van der Waals surface area contributed by atoms with E-state index in [1.165, 1.54) is 0 Å². The molecule has 0 aromatic carbocycles. The van der Waals surface area contributed by atoms with Crippen LogP contribution >= 0.6 is 0 Å². The molecule has 0 spiro atoms. The molecule has 7 heteroatoms. The molecule has 0 aliphatic carbocycles. The van der Waals surface area contributed by atoms with E-state index >= 15 is 0 Å². The van der Waals surface area contributed by atoms with Crippen LogP contribution in [0.15, 0.2) is 0 Å². The lowest BCUT2D eigenvalue weighted by molar-refractivity contribution is -0.152. The fourth-order valence-electron chi connectivity index (χ4n) is 0.602. The van der Waals surface area contributed by atoms with Crippen LogP contribution in [0.5, 0.6) is 0 Å². The summed E-state index contributed by atoms with van der Waals surface area (Å²) in [4.78, 5) is 29.2. The Balaban J connectivity index is 0. The van der Waals surface area contributed by atoms with Crippen molar-refractivity contribution in [1.82, 2.24) is 0 Å². The monoisotopic (exact) mass is 236 g/mol. The van der Waals surface area contributed by atoms with Crippen LogP contribution in [0, 0.1) is 5.92 Å². The number of rotatable bonds is 5. The molecule has 0 aromatic rings. The Morgan fingerprint density at radius 1 is 0.938 bits per heavy atom. The van der Waals surface area contributed by atoms with Gasteiger partial charge in [-0.15, -0.1) is 0 Å². The molecule has 7 nitrogen and oxygen atoms in total. The van der Waals surface area contributed by atoms with Gasteiger partial charge in [0.15, 0.2) is 6.10 Å². The number of carboxylic acids is 3. The largest absolute Gasteiger partial charge is 0.481 e. The van der Waals surface area contributed by atoms with E-state index < -0.39 is 30.4 Å². The molecule has 0 aromatic heterocycles. The molecule has 1 unspecified atom stereocenters. The molecule has 0 heterocycles. The van der Waals surface area contributed by atoms with Crippen molar-refractivity contribution < 1.29 is 34.8 Å². The van der Waals surface area contributed by atoms with Crippen LogP contribution in [0.25, 0.3) is 0 Å². The molecule has 0 radical (unpaired) electrons. The molecule has 94 valence electrons. The molecule has 0 amide bonds. The third kappa shape index (κ3) is 14.9. The Morgan fingerprint density at radius 2 is 1.31 bits per heavy atom. The van der Waals surface area contributed by atoms with Crippen molar-refractivity contribution in [1.29, 1.82) is 0 Å². The molecule has 0 bridgehead atoms. The van der Waals surface area contributed by atoms with Gasteiger partial charge in [0.2, 0.25) is 0 Å². The van der Waals surface area contributed by atoms with Crippen molar-refractivity contribution in [2.24, 2.45) is 5.92 Å². The van der Waals surface area contributed by atoms with Crippen LogP contribution in [0.4, 0.5) is 0 Å². The van der Waals surface area contributed by atoms with Crippen LogP contribution in [0.1, 0.15) is 26.7 Å². The third-order valence-corrected chi connectivity index (χ3v) is 1.24. The van der Waals surface area contributed by atoms with Crippen molar-refractivity contribution in [3.8, 4) is 0 Å². The highest BCUT2D eigenvalue weighted by atomic mass is 16.4. The number of carboxylic acid groups (broad SMARTS) is 3. The first-order valence-electron chi connectivity index (χ1n) is 4.51. The lowest BCUT2D eigenvalue weighted by Crippen LogP contribution is -2.22. The summed E-state index contributed by atoms with van der Waals surface area (Å²) in [5.74, 6) is -3.28. The average Bonchev–Trinajstić information content (AvgIpc) is 2.00.